The fraction of sp³-hybridized carbons (Fsp3) is 0.556. The van der Waals surface area contributed by atoms with Gasteiger partial charge in [-0.15, -0.1) is 0 Å². The van der Waals surface area contributed by atoms with Crippen LogP contribution in [0.1, 0.15) is 49.0 Å². The lowest BCUT2D eigenvalue weighted by molar-refractivity contribution is -0.130. The molecule has 0 spiro atoms. The lowest BCUT2D eigenvalue weighted by Crippen LogP contribution is -2.34. The van der Waals surface area contributed by atoms with Gasteiger partial charge in [0, 0.05) is 24.2 Å². The third-order valence-corrected chi connectivity index (χ3v) is 4.05. The van der Waals surface area contributed by atoms with E-state index < -0.39 is 0 Å². The Kier molecular flexibility index (Phi) is 5.58. The van der Waals surface area contributed by atoms with E-state index >= 15 is 0 Å². The van der Waals surface area contributed by atoms with Crippen LogP contribution < -0.4 is 4.74 Å². The molecule has 1 aliphatic carbocycles. The van der Waals surface area contributed by atoms with E-state index in [4.69, 9.17) is 4.74 Å². The molecule has 0 aliphatic heterocycles. The lowest BCUT2D eigenvalue weighted by Gasteiger charge is -2.22. The number of nitrogens with zero attached hydrogens (tertiary/aromatic N) is 1. The topological polar surface area (TPSA) is 46.6 Å². The molecule has 1 aliphatic rings. The number of ether oxygens (including phenoxy) is 1. The van der Waals surface area contributed by atoms with Crippen molar-refractivity contribution in [1.29, 1.82) is 0 Å². The molecular formula is C18H25NO3. The highest BCUT2D eigenvalue weighted by molar-refractivity contribution is 5.94. The Labute approximate surface area is 132 Å². The van der Waals surface area contributed by atoms with E-state index in [9.17, 15) is 9.59 Å². The highest BCUT2D eigenvalue weighted by Crippen LogP contribution is 2.30. The first-order valence-electron chi connectivity index (χ1n) is 8.00. The first-order valence-corrected chi connectivity index (χ1v) is 8.00. The first kappa shape index (κ1) is 16.5. The van der Waals surface area contributed by atoms with Crippen molar-refractivity contribution in [3.63, 3.8) is 0 Å². The second-order valence-corrected chi connectivity index (χ2v) is 6.04. The average Bonchev–Trinajstić information content (AvgIpc) is 3.30. The smallest absolute Gasteiger partial charge is 0.227 e. The van der Waals surface area contributed by atoms with Crippen molar-refractivity contribution in [2.24, 2.45) is 5.92 Å². The van der Waals surface area contributed by atoms with E-state index in [1.54, 1.807) is 25.3 Å². The highest BCUT2D eigenvalue weighted by Gasteiger charge is 2.26. The molecule has 120 valence electrons. The number of carbonyl (C=O) groups is 2. The van der Waals surface area contributed by atoms with Crippen LogP contribution in [0, 0.1) is 5.92 Å². The third kappa shape index (κ3) is 4.33. The largest absolute Gasteiger partial charge is 0.496 e. The van der Waals surface area contributed by atoms with Crippen LogP contribution in [-0.2, 0) is 11.2 Å². The molecule has 1 aromatic rings. The monoisotopic (exact) mass is 303 g/mol. The zero-order chi connectivity index (χ0) is 16.1. The molecule has 1 fully saturated rings. The fourth-order valence-corrected chi connectivity index (χ4v) is 2.61. The summed E-state index contributed by atoms with van der Waals surface area (Å²) in [5.74, 6) is 1.47. The second kappa shape index (κ2) is 7.43. The minimum absolute atomic E-state index is 0.000234. The van der Waals surface area contributed by atoms with Crippen molar-refractivity contribution in [3.05, 3.63) is 29.3 Å². The summed E-state index contributed by atoms with van der Waals surface area (Å²) in [7, 11) is 1.59. The van der Waals surface area contributed by atoms with Crippen molar-refractivity contribution < 1.29 is 14.3 Å². The molecule has 0 aromatic heterocycles. The number of hydrogen-bond acceptors (Lipinski definition) is 3. The molecule has 0 unspecified atom stereocenters. The van der Waals surface area contributed by atoms with Gasteiger partial charge < -0.3 is 9.64 Å². The number of ketones is 1. The summed E-state index contributed by atoms with van der Waals surface area (Å²) in [5, 5.41) is 0. The number of carbonyl (C=O) groups excluding carboxylic acids is 2. The number of benzene rings is 1. The Hall–Kier alpha value is -1.84. The van der Waals surface area contributed by atoms with Crippen LogP contribution in [0.5, 0.6) is 5.75 Å². The van der Waals surface area contributed by atoms with E-state index in [0.717, 1.165) is 25.1 Å². The molecule has 0 atom stereocenters. The van der Waals surface area contributed by atoms with Gasteiger partial charge in [-0.05, 0) is 50.3 Å². The molecule has 1 aromatic carbocycles. The Morgan fingerprint density at radius 1 is 1.32 bits per heavy atom. The van der Waals surface area contributed by atoms with Crippen LogP contribution in [0.4, 0.5) is 0 Å². The molecule has 4 heteroatoms. The molecule has 4 nitrogen and oxygen atoms in total. The number of hydrogen-bond donors (Lipinski definition) is 0. The number of rotatable bonds is 8. The summed E-state index contributed by atoms with van der Waals surface area (Å²) in [6, 6.07) is 5.29. The fourth-order valence-electron chi connectivity index (χ4n) is 2.61. The molecule has 22 heavy (non-hydrogen) atoms. The number of methoxy groups -OCH3 is 1. The summed E-state index contributed by atoms with van der Waals surface area (Å²) in [4.78, 5) is 26.1. The van der Waals surface area contributed by atoms with Crippen molar-refractivity contribution >= 4 is 11.7 Å². The van der Waals surface area contributed by atoms with Gasteiger partial charge in [0.05, 0.1) is 13.5 Å². The zero-order valence-corrected chi connectivity index (χ0v) is 13.7. The molecule has 1 amide bonds. The minimum atomic E-state index is -0.000234. The maximum atomic E-state index is 12.6. The van der Waals surface area contributed by atoms with E-state index in [0.29, 0.717) is 17.2 Å². The van der Waals surface area contributed by atoms with Gasteiger partial charge in [0.15, 0.2) is 5.78 Å². The predicted octanol–water partition coefficient (Wildman–Crippen LogP) is 3.09. The van der Waals surface area contributed by atoms with E-state index in [1.807, 2.05) is 4.90 Å². The first-order chi connectivity index (χ1) is 10.5. The SMILES string of the molecule is CCCN(CC1CC1)C(=O)Cc1cc(C(C)=O)ccc1OC. The zero-order valence-electron chi connectivity index (χ0n) is 13.7. The van der Waals surface area contributed by atoms with Gasteiger partial charge in [-0.3, -0.25) is 9.59 Å². The Bertz CT molecular complexity index is 549. The normalized spacial score (nSPS) is 13.8. The second-order valence-electron chi connectivity index (χ2n) is 6.04. The Morgan fingerprint density at radius 3 is 2.59 bits per heavy atom. The maximum Gasteiger partial charge on any atom is 0.227 e. The van der Waals surface area contributed by atoms with Gasteiger partial charge in [0.1, 0.15) is 5.75 Å². The van der Waals surface area contributed by atoms with Crippen LogP contribution >= 0.6 is 0 Å². The van der Waals surface area contributed by atoms with Gasteiger partial charge in [-0.25, -0.2) is 0 Å². The summed E-state index contributed by atoms with van der Waals surface area (Å²) >= 11 is 0. The number of Topliss-reactive ketones (excluding diaryl/α,β-unsaturated/α-hetero) is 1. The lowest BCUT2D eigenvalue weighted by atomic mass is 10.0. The standard InChI is InChI=1S/C18H25NO3/c1-4-9-19(12-14-5-6-14)18(21)11-16-10-15(13(2)20)7-8-17(16)22-3/h7-8,10,14H,4-6,9,11-12H2,1-3H3. The van der Waals surface area contributed by atoms with Crippen molar-refractivity contribution in [2.45, 2.75) is 39.5 Å². The minimum Gasteiger partial charge on any atom is -0.496 e. The number of amides is 1. The van der Waals surface area contributed by atoms with Crippen molar-refractivity contribution in [3.8, 4) is 5.75 Å². The van der Waals surface area contributed by atoms with Gasteiger partial charge in [-0.2, -0.15) is 0 Å². The van der Waals surface area contributed by atoms with Crippen LogP contribution in [0.25, 0.3) is 0 Å². The van der Waals surface area contributed by atoms with Gasteiger partial charge in [-0.1, -0.05) is 6.92 Å². The molecule has 0 bridgehead atoms. The van der Waals surface area contributed by atoms with Crippen molar-refractivity contribution in [2.75, 3.05) is 20.2 Å². The van der Waals surface area contributed by atoms with E-state index in [-0.39, 0.29) is 18.1 Å². The quantitative estimate of drug-likeness (QED) is 0.693. The van der Waals surface area contributed by atoms with Crippen LogP contribution in [-0.4, -0.2) is 36.8 Å². The van der Waals surface area contributed by atoms with Crippen LogP contribution in [0.2, 0.25) is 0 Å². The Balaban J connectivity index is 2.13. The summed E-state index contributed by atoms with van der Waals surface area (Å²) in [5.41, 5.74) is 1.41. The third-order valence-electron chi connectivity index (χ3n) is 4.05. The summed E-state index contributed by atoms with van der Waals surface area (Å²) in [6.45, 7) is 5.28. The van der Waals surface area contributed by atoms with Crippen LogP contribution in [0.15, 0.2) is 18.2 Å². The molecule has 0 N–H and O–H groups in total. The molecule has 0 saturated heterocycles. The summed E-state index contributed by atoms with van der Waals surface area (Å²) < 4.78 is 5.33. The maximum absolute atomic E-state index is 12.6. The predicted molar refractivity (Wildman–Crippen MR) is 86.3 cm³/mol. The van der Waals surface area contributed by atoms with Crippen molar-refractivity contribution in [1.82, 2.24) is 4.90 Å². The molecule has 1 saturated carbocycles. The average molecular weight is 303 g/mol. The van der Waals surface area contributed by atoms with Gasteiger partial charge in [0.2, 0.25) is 5.91 Å². The van der Waals surface area contributed by atoms with Crippen LogP contribution in [0.3, 0.4) is 0 Å². The van der Waals surface area contributed by atoms with Gasteiger partial charge >= 0.3 is 0 Å². The van der Waals surface area contributed by atoms with Gasteiger partial charge in [0.25, 0.3) is 0 Å². The molecule has 0 radical (unpaired) electrons. The Morgan fingerprint density at radius 2 is 2.05 bits per heavy atom. The molecular weight excluding hydrogens is 278 g/mol. The van der Waals surface area contributed by atoms with E-state index in [2.05, 4.69) is 6.92 Å². The van der Waals surface area contributed by atoms with E-state index in [1.165, 1.54) is 19.8 Å². The summed E-state index contributed by atoms with van der Waals surface area (Å²) in [6.07, 6.45) is 3.72. The molecule has 0 heterocycles. The highest BCUT2D eigenvalue weighted by atomic mass is 16.5. The molecule has 2 rings (SSSR count).